The lowest BCUT2D eigenvalue weighted by Gasteiger charge is -2.17. The van der Waals surface area contributed by atoms with Crippen LogP contribution in [0.5, 0.6) is 0 Å². The number of aromatic amines is 1. The fourth-order valence-corrected chi connectivity index (χ4v) is 5.25. The first-order valence-electron chi connectivity index (χ1n) is 9.80. The second-order valence-electron chi connectivity index (χ2n) is 7.57. The Morgan fingerprint density at radius 3 is 3.03 bits per heavy atom. The maximum Gasteiger partial charge on any atom is 0.409 e. The molecule has 1 aliphatic carbocycles. The zero-order valence-corrected chi connectivity index (χ0v) is 17.7. The third-order valence-corrected chi connectivity index (χ3v) is 6.86. The number of anilines is 3. The van der Waals surface area contributed by atoms with Crippen LogP contribution in [0.4, 0.5) is 22.1 Å². The second-order valence-corrected chi connectivity index (χ2v) is 8.94. The minimum atomic E-state index is -1.05. The molecular weight excluding hydrogens is 392 g/mol. The smallest absolute Gasteiger partial charge is 0.409 e. The van der Waals surface area contributed by atoms with Crippen LogP contribution in [-0.2, 0) is 21.5 Å². The molecule has 3 unspecified atom stereocenters. The number of aromatic nitrogens is 3. The maximum absolute atomic E-state index is 12.3. The van der Waals surface area contributed by atoms with E-state index < -0.39 is 11.0 Å². The van der Waals surface area contributed by atoms with Gasteiger partial charge in [-0.25, -0.2) is 14.0 Å². The van der Waals surface area contributed by atoms with Gasteiger partial charge in [0, 0.05) is 44.5 Å². The number of pyridine rings is 1. The molecule has 1 saturated carbocycles. The molecule has 3 atom stereocenters. The normalized spacial score (nSPS) is 23.1. The summed E-state index contributed by atoms with van der Waals surface area (Å²) in [7, 11) is 2.32. The van der Waals surface area contributed by atoms with Gasteiger partial charge in [0.25, 0.3) is 0 Å². The number of ether oxygens (including phenoxy) is 1. The molecule has 0 spiro atoms. The van der Waals surface area contributed by atoms with E-state index in [-0.39, 0.29) is 18.1 Å². The average Bonchev–Trinajstić information content (AvgIpc) is 3.40. The van der Waals surface area contributed by atoms with Crippen LogP contribution in [-0.4, -0.2) is 57.1 Å². The lowest BCUT2D eigenvalue weighted by Crippen LogP contribution is -2.26. The first-order valence-corrected chi connectivity index (χ1v) is 11.1. The Hall–Kier alpha value is -2.62. The Balaban J connectivity index is 1.45. The predicted molar refractivity (Wildman–Crippen MR) is 112 cm³/mol. The summed E-state index contributed by atoms with van der Waals surface area (Å²) in [4.78, 5) is 17.6. The Morgan fingerprint density at radius 1 is 1.45 bits per heavy atom. The molecule has 1 amide bonds. The molecule has 2 N–H and O–H groups in total. The van der Waals surface area contributed by atoms with Crippen LogP contribution in [0.15, 0.2) is 18.3 Å². The van der Waals surface area contributed by atoms with Crippen LogP contribution in [0.3, 0.4) is 0 Å². The summed E-state index contributed by atoms with van der Waals surface area (Å²) < 4.78 is 19.7. The number of H-pyrrole nitrogens is 1. The molecule has 2 aromatic heterocycles. The molecule has 0 bridgehead atoms. The third kappa shape index (κ3) is 3.93. The summed E-state index contributed by atoms with van der Waals surface area (Å²) in [6.07, 6.45) is 3.92. The molecule has 2 aliphatic rings. The van der Waals surface area contributed by atoms with Crippen molar-refractivity contribution < 1.29 is 13.7 Å². The number of amides is 1. The van der Waals surface area contributed by atoms with E-state index in [0.29, 0.717) is 23.9 Å². The van der Waals surface area contributed by atoms with Gasteiger partial charge in [0.05, 0.1) is 11.4 Å². The van der Waals surface area contributed by atoms with E-state index in [1.165, 1.54) is 4.90 Å². The molecule has 0 radical (unpaired) electrons. The molecule has 2 aromatic rings. The van der Waals surface area contributed by atoms with Crippen molar-refractivity contribution in [3.8, 4) is 0 Å². The number of carbonyl (C=O) groups is 1. The van der Waals surface area contributed by atoms with Crippen molar-refractivity contribution in [1.29, 1.82) is 0 Å². The minimum absolute atomic E-state index is 0.0678. The van der Waals surface area contributed by atoms with Gasteiger partial charge in [-0.15, -0.1) is 0 Å². The number of fused-ring (bicyclic) bond motifs is 1. The fraction of sp³-hybridized carbons (Fsp3) is 0.526. The van der Waals surface area contributed by atoms with E-state index >= 15 is 0 Å². The van der Waals surface area contributed by atoms with Crippen molar-refractivity contribution in [3.05, 3.63) is 29.6 Å². The van der Waals surface area contributed by atoms with Crippen LogP contribution < -0.4 is 9.62 Å². The van der Waals surface area contributed by atoms with E-state index in [0.717, 1.165) is 36.2 Å². The quantitative estimate of drug-likeness (QED) is 0.774. The summed E-state index contributed by atoms with van der Waals surface area (Å²) >= 11 is 0. The SMILES string of the molecule is CCN1c2c(ccnc2Nc2cc(C3CCC(OC(=O)N(C)C)C3)[nH]n2)CS1=O. The lowest BCUT2D eigenvalue weighted by atomic mass is 10.0. The van der Waals surface area contributed by atoms with Crippen molar-refractivity contribution in [2.45, 2.75) is 44.0 Å². The largest absolute Gasteiger partial charge is 0.446 e. The van der Waals surface area contributed by atoms with Gasteiger partial charge < -0.3 is 15.0 Å². The van der Waals surface area contributed by atoms with Crippen molar-refractivity contribution in [3.63, 3.8) is 0 Å². The highest BCUT2D eigenvalue weighted by Crippen LogP contribution is 2.39. The fourth-order valence-electron chi connectivity index (χ4n) is 3.90. The Bertz CT molecular complexity index is 930. The third-order valence-electron chi connectivity index (χ3n) is 5.37. The molecule has 3 heterocycles. The van der Waals surface area contributed by atoms with Gasteiger partial charge in [0.15, 0.2) is 11.6 Å². The number of nitrogens with zero attached hydrogens (tertiary/aromatic N) is 4. The molecule has 10 heteroatoms. The van der Waals surface area contributed by atoms with E-state index in [1.807, 2.05) is 23.4 Å². The molecule has 1 fully saturated rings. The molecule has 156 valence electrons. The summed E-state index contributed by atoms with van der Waals surface area (Å²) in [6, 6.07) is 3.89. The molecule has 29 heavy (non-hydrogen) atoms. The van der Waals surface area contributed by atoms with E-state index in [4.69, 9.17) is 4.74 Å². The number of nitrogens with one attached hydrogen (secondary N) is 2. The van der Waals surface area contributed by atoms with Gasteiger partial charge in [-0.3, -0.25) is 9.40 Å². The van der Waals surface area contributed by atoms with Gasteiger partial charge in [-0.05, 0) is 37.8 Å². The van der Waals surface area contributed by atoms with Gasteiger partial charge >= 0.3 is 6.09 Å². The zero-order valence-electron chi connectivity index (χ0n) is 16.8. The van der Waals surface area contributed by atoms with Gasteiger partial charge in [-0.2, -0.15) is 5.10 Å². The van der Waals surface area contributed by atoms with Crippen LogP contribution in [0.1, 0.15) is 43.4 Å². The summed E-state index contributed by atoms with van der Waals surface area (Å²) in [5, 5.41) is 10.8. The van der Waals surface area contributed by atoms with Crippen molar-refractivity contribution in [2.24, 2.45) is 0 Å². The van der Waals surface area contributed by atoms with E-state index in [2.05, 4.69) is 20.5 Å². The highest BCUT2D eigenvalue weighted by Gasteiger charge is 2.31. The molecule has 0 aromatic carbocycles. The van der Waals surface area contributed by atoms with Crippen molar-refractivity contribution >= 4 is 34.4 Å². The molecule has 0 saturated heterocycles. The number of rotatable bonds is 5. The summed E-state index contributed by atoms with van der Waals surface area (Å²) in [5.74, 6) is 2.12. The minimum Gasteiger partial charge on any atom is -0.446 e. The van der Waals surface area contributed by atoms with Crippen LogP contribution >= 0.6 is 0 Å². The molecule has 1 aliphatic heterocycles. The first-order chi connectivity index (χ1) is 14.0. The lowest BCUT2D eigenvalue weighted by molar-refractivity contribution is 0.0770. The van der Waals surface area contributed by atoms with E-state index in [1.54, 1.807) is 20.3 Å². The molecule has 4 rings (SSSR count). The monoisotopic (exact) mass is 418 g/mol. The van der Waals surface area contributed by atoms with E-state index in [9.17, 15) is 9.00 Å². The van der Waals surface area contributed by atoms with Crippen LogP contribution in [0, 0.1) is 0 Å². The average molecular weight is 419 g/mol. The van der Waals surface area contributed by atoms with Crippen molar-refractivity contribution in [2.75, 3.05) is 30.3 Å². The summed E-state index contributed by atoms with van der Waals surface area (Å²) in [5.41, 5.74) is 2.92. The summed E-state index contributed by atoms with van der Waals surface area (Å²) in [6.45, 7) is 2.64. The van der Waals surface area contributed by atoms with Gasteiger partial charge in [0.2, 0.25) is 0 Å². The maximum atomic E-state index is 12.3. The molecular formula is C19H26N6O3S. The predicted octanol–water partition coefficient (Wildman–Crippen LogP) is 2.89. The zero-order chi connectivity index (χ0) is 20.5. The topological polar surface area (TPSA) is 103 Å². The number of hydrogen-bond acceptors (Lipinski definition) is 6. The standard InChI is InChI=1S/C19H26N6O3S/c1-4-25-17-13(11-29(25)27)7-8-20-18(17)21-16-10-15(22-23-16)12-5-6-14(9-12)28-19(26)24(2)3/h7-8,10,12,14H,4-6,9,11H2,1-3H3,(H2,20,21,22,23). The van der Waals surface area contributed by atoms with Gasteiger partial charge in [-0.1, -0.05) is 0 Å². The van der Waals surface area contributed by atoms with Crippen molar-refractivity contribution in [1.82, 2.24) is 20.1 Å². The highest BCUT2D eigenvalue weighted by molar-refractivity contribution is 7.86. The first kappa shape index (κ1) is 19.7. The Labute approximate surface area is 172 Å². The van der Waals surface area contributed by atoms with Crippen LogP contribution in [0.2, 0.25) is 0 Å². The Kier molecular flexibility index (Phi) is 5.44. The Morgan fingerprint density at radius 2 is 2.28 bits per heavy atom. The van der Waals surface area contributed by atoms with Crippen LogP contribution in [0.25, 0.3) is 0 Å². The second kappa shape index (κ2) is 8.02. The number of carbonyl (C=O) groups excluding carboxylic acids is 1. The van der Waals surface area contributed by atoms with Gasteiger partial charge in [0.1, 0.15) is 17.1 Å². The number of hydrogen-bond donors (Lipinski definition) is 2. The highest BCUT2D eigenvalue weighted by atomic mass is 32.2. The molecule has 9 nitrogen and oxygen atoms in total.